The van der Waals surface area contributed by atoms with Gasteiger partial charge in [0.2, 0.25) is 0 Å². The van der Waals surface area contributed by atoms with Crippen LogP contribution in [0.1, 0.15) is 18.1 Å². The van der Waals surface area contributed by atoms with E-state index in [1.165, 1.54) is 0 Å². The number of hydrogen-bond donors (Lipinski definition) is 2. The quantitative estimate of drug-likeness (QED) is 0.601. The van der Waals surface area contributed by atoms with E-state index in [1.807, 2.05) is 19.1 Å². The molecule has 6 nitrogen and oxygen atoms in total. The number of nitrogens with one attached hydrogen (secondary N) is 2. The third-order valence-electron chi connectivity index (χ3n) is 3.61. The summed E-state index contributed by atoms with van der Waals surface area (Å²) in [4.78, 5) is 22.8. The van der Waals surface area contributed by atoms with Gasteiger partial charge in [-0.15, -0.1) is 0 Å². The first-order valence-corrected chi connectivity index (χ1v) is 8.41. The Morgan fingerprint density at radius 2 is 1.77 bits per heavy atom. The Morgan fingerprint density at radius 1 is 1.00 bits per heavy atom. The van der Waals surface area contributed by atoms with Gasteiger partial charge in [0.15, 0.2) is 11.5 Å². The van der Waals surface area contributed by atoms with E-state index in [1.54, 1.807) is 36.4 Å². The Hall–Kier alpha value is -2.99. The van der Waals surface area contributed by atoms with E-state index in [2.05, 4.69) is 10.6 Å². The zero-order valence-electron chi connectivity index (χ0n) is 14.0. The van der Waals surface area contributed by atoms with Crippen LogP contribution in [0, 0.1) is 0 Å². The van der Waals surface area contributed by atoms with Crippen molar-refractivity contribution in [1.82, 2.24) is 10.6 Å². The summed E-state index contributed by atoms with van der Waals surface area (Å²) >= 11 is 5.88. The van der Waals surface area contributed by atoms with E-state index in [0.29, 0.717) is 35.3 Å². The number of rotatable bonds is 6. The first-order valence-electron chi connectivity index (χ1n) is 8.03. The maximum Gasteiger partial charge on any atom is 0.326 e. The standard InChI is InChI=1S/C19H17ClN2O4/c1-2-25-17-10-13(9-15-18(23)22-19(24)21-15)5-8-16(17)26-11-12-3-6-14(20)7-4-12/h3-10H,2,11H2,1H3,(H2,21,22,23,24). The van der Waals surface area contributed by atoms with Gasteiger partial charge in [0.25, 0.3) is 5.91 Å². The molecule has 2 aromatic rings. The summed E-state index contributed by atoms with van der Waals surface area (Å²) in [7, 11) is 0. The van der Waals surface area contributed by atoms with E-state index >= 15 is 0 Å². The molecule has 7 heteroatoms. The summed E-state index contributed by atoms with van der Waals surface area (Å²) in [5.74, 6) is 0.681. The molecule has 2 aromatic carbocycles. The molecule has 1 heterocycles. The molecule has 0 radical (unpaired) electrons. The second kappa shape index (κ2) is 7.93. The van der Waals surface area contributed by atoms with Gasteiger partial charge in [0, 0.05) is 5.02 Å². The fraction of sp³-hybridized carbons (Fsp3) is 0.158. The van der Waals surface area contributed by atoms with Crippen molar-refractivity contribution in [2.24, 2.45) is 0 Å². The summed E-state index contributed by atoms with van der Waals surface area (Å²) in [5.41, 5.74) is 1.88. The number of hydrogen-bond acceptors (Lipinski definition) is 4. The molecule has 26 heavy (non-hydrogen) atoms. The van der Waals surface area contributed by atoms with Crippen LogP contribution in [0.3, 0.4) is 0 Å². The number of imide groups is 1. The molecule has 0 aromatic heterocycles. The Morgan fingerprint density at radius 3 is 2.42 bits per heavy atom. The van der Waals surface area contributed by atoms with E-state index in [-0.39, 0.29) is 5.70 Å². The van der Waals surface area contributed by atoms with Gasteiger partial charge < -0.3 is 14.8 Å². The van der Waals surface area contributed by atoms with E-state index in [4.69, 9.17) is 21.1 Å². The van der Waals surface area contributed by atoms with Crippen LogP contribution in [0.2, 0.25) is 5.02 Å². The van der Waals surface area contributed by atoms with E-state index < -0.39 is 11.9 Å². The van der Waals surface area contributed by atoms with Crippen molar-refractivity contribution in [2.75, 3.05) is 6.61 Å². The van der Waals surface area contributed by atoms with Crippen molar-refractivity contribution in [1.29, 1.82) is 0 Å². The van der Waals surface area contributed by atoms with Gasteiger partial charge in [0.1, 0.15) is 12.3 Å². The van der Waals surface area contributed by atoms with Crippen LogP contribution in [-0.2, 0) is 11.4 Å². The number of amides is 3. The molecule has 1 saturated heterocycles. The minimum atomic E-state index is -0.533. The van der Waals surface area contributed by atoms with Gasteiger partial charge >= 0.3 is 6.03 Å². The van der Waals surface area contributed by atoms with Crippen LogP contribution in [-0.4, -0.2) is 18.5 Å². The topological polar surface area (TPSA) is 76.7 Å². The van der Waals surface area contributed by atoms with Gasteiger partial charge in [-0.05, 0) is 48.4 Å². The molecule has 0 aliphatic carbocycles. The summed E-state index contributed by atoms with van der Waals surface area (Å²) in [6.45, 7) is 2.71. The van der Waals surface area contributed by atoms with Crippen molar-refractivity contribution >= 4 is 29.6 Å². The Balaban J connectivity index is 1.78. The average molecular weight is 373 g/mol. The SMILES string of the molecule is CCOc1cc(C=C2NC(=O)NC2=O)ccc1OCc1ccc(Cl)cc1. The zero-order valence-corrected chi connectivity index (χ0v) is 14.8. The maximum absolute atomic E-state index is 11.6. The predicted octanol–water partition coefficient (Wildman–Crippen LogP) is 3.50. The average Bonchev–Trinajstić information content (AvgIpc) is 2.93. The van der Waals surface area contributed by atoms with Crippen LogP contribution in [0.5, 0.6) is 11.5 Å². The largest absolute Gasteiger partial charge is 0.490 e. The highest BCUT2D eigenvalue weighted by molar-refractivity contribution is 6.30. The summed E-state index contributed by atoms with van der Waals surface area (Å²) in [6, 6.07) is 12.2. The highest BCUT2D eigenvalue weighted by Crippen LogP contribution is 2.30. The zero-order chi connectivity index (χ0) is 18.5. The van der Waals surface area contributed by atoms with Gasteiger partial charge in [0.05, 0.1) is 6.61 Å². The highest BCUT2D eigenvalue weighted by Gasteiger charge is 2.22. The number of halogens is 1. The van der Waals surface area contributed by atoms with E-state index in [9.17, 15) is 9.59 Å². The van der Waals surface area contributed by atoms with Crippen LogP contribution in [0.25, 0.3) is 6.08 Å². The number of benzene rings is 2. The number of carbonyl (C=O) groups excluding carboxylic acids is 2. The second-order valence-corrected chi connectivity index (χ2v) is 5.96. The Bertz CT molecular complexity index is 862. The molecule has 0 unspecified atom stereocenters. The minimum Gasteiger partial charge on any atom is -0.490 e. The summed E-state index contributed by atoms with van der Waals surface area (Å²) in [5, 5.41) is 5.28. The molecule has 0 bridgehead atoms. The molecule has 0 atom stereocenters. The fourth-order valence-electron chi connectivity index (χ4n) is 2.39. The first kappa shape index (κ1) is 17.8. The van der Waals surface area contributed by atoms with Crippen LogP contribution >= 0.6 is 11.6 Å². The van der Waals surface area contributed by atoms with Crippen LogP contribution < -0.4 is 20.1 Å². The number of ether oxygens (including phenoxy) is 2. The molecule has 0 saturated carbocycles. The van der Waals surface area contributed by atoms with Crippen molar-refractivity contribution < 1.29 is 19.1 Å². The molecule has 134 valence electrons. The first-order chi connectivity index (χ1) is 12.5. The molecular weight excluding hydrogens is 356 g/mol. The lowest BCUT2D eigenvalue weighted by molar-refractivity contribution is -0.115. The van der Waals surface area contributed by atoms with Gasteiger partial charge in [-0.3, -0.25) is 10.1 Å². The van der Waals surface area contributed by atoms with Crippen molar-refractivity contribution in [3.63, 3.8) is 0 Å². The van der Waals surface area contributed by atoms with Crippen molar-refractivity contribution in [3.05, 3.63) is 64.3 Å². The normalized spacial score (nSPS) is 14.9. The lowest BCUT2D eigenvalue weighted by Crippen LogP contribution is -2.22. The molecule has 3 rings (SSSR count). The third-order valence-corrected chi connectivity index (χ3v) is 3.86. The summed E-state index contributed by atoms with van der Waals surface area (Å²) < 4.78 is 11.5. The lowest BCUT2D eigenvalue weighted by atomic mass is 10.1. The Labute approximate surface area is 155 Å². The number of carbonyl (C=O) groups is 2. The van der Waals surface area contributed by atoms with E-state index in [0.717, 1.165) is 5.56 Å². The molecule has 2 N–H and O–H groups in total. The van der Waals surface area contributed by atoms with Gasteiger partial charge in [-0.1, -0.05) is 29.8 Å². The van der Waals surface area contributed by atoms with Crippen LogP contribution in [0.4, 0.5) is 4.79 Å². The predicted molar refractivity (Wildman–Crippen MR) is 98.0 cm³/mol. The van der Waals surface area contributed by atoms with Crippen molar-refractivity contribution in [3.8, 4) is 11.5 Å². The Kier molecular flexibility index (Phi) is 5.43. The maximum atomic E-state index is 11.6. The summed E-state index contributed by atoms with van der Waals surface area (Å²) in [6.07, 6.45) is 1.58. The van der Waals surface area contributed by atoms with Gasteiger partial charge in [-0.25, -0.2) is 4.79 Å². The third kappa shape index (κ3) is 4.34. The second-order valence-electron chi connectivity index (χ2n) is 5.52. The highest BCUT2D eigenvalue weighted by atomic mass is 35.5. The van der Waals surface area contributed by atoms with Gasteiger partial charge in [-0.2, -0.15) is 0 Å². The molecule has 1 aliphatic heterocycles. The molecule has 1 aliphatic rings. The molecular formula is C19H17ClN2O4. The van der Waals surface area contributed by atoms with Crippen molar-refractivity contribution in [2.45, 2.75) is 13.5 Å². The number of urea groups is 1. The minimum absolute atomic E-state index is 0.187. The molecule has 0 spiro atoms. The molecule has 3 amide bonds. The smallest absolute Gasteiger partial charge is 0.326 e. The monoisotopic (exact) mass is 372 g/mol. The lowest BCUT2D eigenvalue weighted by Gasteiger charge is -2.13. The fourth-order valence-corrected chi connectivity index (χ4v) is 2.52. The molecule has 1 fully saturated rings. The van der Waals surface area contributed by atoms with Crippen LogP contribution in [0.15, 0.2) is 48.2 Å².